The first kappa shape index (κ1) is 24.2. The molecule has 0 atom stereocenters. The lowest BCUT2D eigenvalue weighted by Gasteiger charge is -2.12. The predicted octanol–water partition coefficient (Wildman–Crippen LogP) is 4.98. The topological polar surface area (TPSA) is 100 Å². The first-order valence-corrected chi connectivity index (χ1v) is 12.1. The smallest absolute Gasteiger partial charge is 0.266 e. The number of pyridine rings is 2. The van der Waals surface area contributed by atoms with Crippen LogP contribution in [0.1, 0.15) is 17.3 Å². The van der Waals surface area contributed by atoms with Gasteiger partial charge < -0.3 is 23.9 Å². The Labute approximate surface area is 214 Å². The van der Waals surface area contributed by atoms with Crippen molar-refractivity contribution in [2.45, 2.75) is 6.92 Å². The molecule has 0 aliphatic carbocycles. The third kappa shape index (κ3) is 4.81. The van der Waals surface area contributed by atoms with Crippen molar-refractivity contribution in [2.75, 3.05) is 11.9 Å². The summed E-state index contributed by atoms with van der Waals surface area (Å²) >= 11 is 1.45. The molecule has 188 valence electrons. The van der Waals surface area contributed by atoms with Crippen LogP contribution in [-0.4, -0.2) is 31.6 Å². The number of hydrogen-bond donors (Lipinski definition) is 1. The average Bonchev–Trinajstić information content (AvgIpc) is 3.50. The number of thiophene rings is 1. The Hall–Kier alpha value is -4.51. The fourth-order valence-corrected chi connectivity index (χ4v) is 4.76. The third-order valence-electron chi connectivity index (χ3n) is 5.50. The standard InChI is InChI=1S/C26H22FN5O4S/c1-4-35-20-8-10-32(3)26(34)23(20)25(33)30-15-5-6-19(16(27)11-15)36-21-7-9-28-17-12-22(37-24(17)21)18-13-31(2)14-29-18/h5-14H,4H2,1-3H3,(H,30,33). The summed E-state index contributed by atoms with van der Waals surface area (Å²) < 4.78 is 30.2. The molecule has 0 aliphatic rings. The molecule has 1 amide bonds. The molecule has 0 fully saturated rings. The summed E-state index contributed by atoms with van der Waals surface area (Å²) in [5.41, 5.74) is 1.00. The number of hydrogen-bond acceptors (Lipinski definition) is 7. The Bertz CT molecular complexity index is 1690. The zero-order valence-electron chi connectivity index (χ0n) is 20.2. The number of nitrogens with zero attached hydrogens (tertiary/aromatic N) is 4. The Balaban J connectivity index is 1.39. The minimum Gasteiger partial charge on any atom is -0.493 e. The highest BCUT2D eigenvalue weighted by molar-refractivity contribution is 7.22. The van der Waals surface area contributed by atoms with Gasteiger partial charge in [0.2, 0.25) is 0 Å². The lowest BCUT2D eigenvalue weighted by molar-refractivity contribution is 0.102. The third-order valence-corrected chi connectivity index (χ3v) is 6.66. The van der Waals surface area contributed by atoms with E-state index >= 15 is 4.39 Å². The van der Waals surface area contributed by atoms with Gasteiger partial charge in [0.1, 0.15) is 17.1 Å². The number of imidazole rings is 1. The van der Waals surface area contributed by atoms with Gasteiger partial charge in [0.25, 0.3) is 11.5 Å². The number of nitrogens with one attached hydrogen (secondary N) is 1. The van der Waals surface area contributed by atoms with Crippen LogP contribution in [0, 0.1) is 5.82 Å². The molecule has 4 heterocycles. The zero-order chi connectivity index (χ0) is 26.1. The summed E-state index contributed by atoms with van der Waals surface area (Å²) in [5, 5.41) is 2.57. The van der Waals surface area contributed by atoms with Crippen molar-refractivity contribution in [3.8, 4) is 27.8 Å². The maximum absolute atomic E-state index is 15.0. The molecule has 0 spiro atoms. The lowest BCUT2D eigenvalue weighted by Crippen LogP contribution is -2.28. The molecule has 1 N–H and O–H groups in total. The number of benzene rings is 1. The molecule has 0 unspecified atom stereocenters. The number of aromatic nitrogens is 4. The van der Waals surface area contributed by atoms with Crippen LogP contribution in [0.4, 0.5) is 10.1 Å². The molecule has 0 radical (unpaired) electrons. The number of aryl methyl sites for hydroxylation is 2. The Morgan fingerprint density at radius 2 is 1.95 bits per heavy atom. The van der Waals surface area contributed by atoms with Crippen LogP contribution in [-0.2, 0) is 14.1 Å². The highest BCUT2D eigenvalue weighted by Crippen LogP contribution is 2.39. The van der Waals surface area contributed by atoms with Crippen LogP contribution in [0.2, 0.25) is 0 Å². The van der Waals surface area contributed by atoms with E-state index in [1.807, 2.05) is 23.9 Å². The van der Waals surface area contributed by atoms with E-state index in [-0.39, 0.29) is 29.4 Å². The Kier molecular flexibility index (Phi) is 6.45. The lowest BCUT2D eigenvalue weighted by atomic mass is 10.2. The van der Waals surface area contributed by atoms with E-state index in [1.165, 1.54) is 47.3 Å². The summed E-state index contributed by atoms with van der Waals surface area (Å²) in [6.45, 7) is 2.03. The van der Waals surface area contributed by atoms with E-state index in [0.717, 1.165) is 21.3 Å². The van der Waals surface area contributed by atoms with Crippen LogP contribution in [0.3, 0.4) is 0 Å². The molecule has 5 rings (SSSR count). The van der Waals surface area contributed by atoms with Gasteiger partial charge in [0.05, 0.1) is 33.7 Å². The van der Waals surface area contributed by atoms with Crippen molar-refractivity contribution in [3.63, 3.8) is 0 Å². The van der Waals surface area contributed by atoms with Gasteiger partial charge in [-0.1, -0.05) is 0 Å². The molecule has 1 aromatic carbocycles. The number of carbonyl (C=O) groups excluding carboxylic acids is 1. The summed E-state index contributed by atoms with van der Waals surface area (Å²) in [4.78, 5) is 35.1. The number of rotatable bonds is 7. The van der Waals surface area contributed by atoms with Crippen LogP contribution >= 0.6 is 11.3 Å². The van der Waals surface area contributed by atoms with Gasteiger partial charge in [0.15, 0.2) is 11.6 Å². The summed E-state index contributed by atoms with van der Waals surface area (Å²) in [5.74, 6) is -0.804. The quantitative estimate of drug-likeness (QED) is 0.326. The van der Waals surface area contributed by atoms with Gasteiger partial charge in [-0.25, -0.2) is 9.37 Å². The molecule has 0 saturated carbocycles. The van der Waals surface area contributed by atoms with Crippen LogP contribution in [0.25, 0.3) is 20.8 Å². The van der Waals surface area contributed by atoms with E-state index in [0.29, 0.717) is 11.3 Å². The number of fused-ring (bicyclic) bond motifs is 1. The van der Waals surface area contributed by atoms with Gasteiger partial charge >= 0.3 is 0 Å². The molecule has 9 nitrogen and oxygen atoms in total. The van der Waals surface area contributed by atoms with E-state index in [9.17, 15) is 9.59 Å². The number of halogens is 1. The summed E-state index contributed by atoms with van der Waals surface area (Å²) in [7, 11) is 3.42. The second-order valence-electron chi connectivity index (χ2n) is 8.16. The van der Waals surface area contributed by atoms with Gasteiger partial charge in [-0.15, -0.1) is 11.3 Å². The van der Waals surface area contributed by atoms with Crippen molar-refractivity contribution in [3.05, 3.63) is 83.1 Å². The Morgan fingerprint density at radius 3 is 2.68 bits per heavy atom. The normalized spacial score (nSPS) is 11.0. The second kappa shape index (κ2) is 9.86. The fraction of sp³-hybridized carbons (Fsp3) is 0.154. The molecule has 0 aliphatic heterocycles. The van der Waals surface area contributed by atoms with Gasteiger partial charge in [-0.05, 0) is 31.2 Å². The van der Waals surface area contributed by atoms with Gasteiger partial charge in [0, 0.05) is 50.5 Å². The molecule has 0 saturated heterocycles. The van der Waals surface area contributed by atoms with E-state index < -0.39 is 17.3 Å². The Morgan fingerprint density at radius 1 is 1.11 bits per heavy atom. The number of ether oxygens (including phenoxy) is 2. The van der Waals surface area contributed by atoms with E-state index in [4.69, 9.17) is 9.47 Å². The highest BCUT2D eigenvalue weighted by Gasteiger charge is 2.20. The fourth-order valence-electron chi connectivity index (χ4n) is 3.73. The first-order valence-electron chi connectivity index (χ1n) is 11.3. The van der Waals surface area contributed by atoms with E-state index in [2.05, 4.69) is 15.3 Å². The van der Waals surface area contributed by atoms with Crippen molar-refractivity contribution in [2.24, 2.45) is 14.1 Å². The zero-order valence-corrected chi connectivity index (χ0v) is 21.0. The number of anilines is 1. The number of carbonyl (C=O) groups is 1. The molecule has 5 aromatic rings. The van der Waals surface area contributed by atoms with Crippen LogP contribution in [0.15, 0.2) is 66.1 Å². The van der Waals surface area contributed by atoms with Crippen molar-refractivity contribution < 1.29 is 18.7 Å². The van der Waals surface area contributed by atoms with E-state index in [1.54, 1.807) is 25.5 Å². The summed E-state index contributed by atoms with van der Waals surface area (Å²) in [6.07, 6.45) is 6.72. The average molecular weight is 520 g/mol. The maximum Gasteiger partial charge on any atom is 0.266 e. The molecule has 11 heteroatoms. The van der Waals surface area contributed by atoms with Gasteiger partial charge in [-0.3, -0.25) is 14.6 Å². The molecular weight excluding hydrogens is 497 g/mol. The minimum absolute atomic E-state index is 0.0242. The molecule has 37 heavy (non-hydrogen) atoms. The van der Waals surface area contributed by atoms with Crippen molar-refractivity contribution in [1.82, 2.24) is 19.1 Å². The predicted molar refractivity (Wildman–Crippen MR) is 139 cm³/mol. The molecular formula is C26H22FN5O4S. The van der Waals surface area contributed by atoms with Crippen LogP contribution < -0.4 is 20.3 Å². The second-order valence-corrected chi connectivity index (χ2v) is 9.22. The number of amides is 1. The SMILES string of the molecule is CCOc1ccn(C)c(=O)c1C(=O)Nc1ccc(Oc2ccnc3cc(-c4cn(C)cn4)sc23)c(F)c1. The first-order chi connectivity index (χ1) is 17.8. The van der Waals surface area contributed by atoms with Crippen molar-refractivity contribution in [1.29, 1.82) is 0 Å². The highest BCUT2D eigenvalue weighted by atomic mass is 32.1. The monoisotopic (exact) mass is 519 g/mol. The minimum atomic E-state index is -0.700. The van der Waals surface area contributed by atoms with Crippen LogP contribution in [0.5, 0.6) is 17.2 Å². The maximum atomic E-state index is 15.0. The summed E-state index contributed by atoms with van der Waals surface area (Å²) in [6, 6.07) is 9.15. The van der Waals surface area contributed by atoms with Crippen molar-refractivity contribution >= 4 is 33.1 Å². The molecule has 4 aromatic heterocycles. The molecule has 0 bridgehead atoms. The van der Waals surface area contributed by atoms with Gasteiger partial charge in [-0.2, -0.15) is 0 Å². The largest absolute Gasteiger partial charge is 0.493 e.